The van der Waals surface area contributed by atoms with Crippen molar-refractivity contribution in [2.75, 3.05) is 0 Å². The maximum atomic E-state index is 2.33. The maximum absolute atomic E-state index is 2.33. The fraction of sp³-hybridized carbons (Fsp3) is 0.571. The molecule has 0 fully saturated rings. The molecule has 1 rings (SSSR count). The molecule has 14 heavy (non-hydrogen) atoms. The Kier molecular flexibility index (Phi) is 5.36. The molecule has 0 saturated carbocycles. The van der Waals surface area contributed by atoms with Gasteiger partial charge < -0.3 is 0 Å². The van der Waals surface area contributed by atoms with Crippen molar-refractivity contribution in [2.45, 2.75) is 52.4 Å². The SMILES string of the molecule is CC/C=C/C1=C(/C=C/CC)CCCC1. The van der Waals surface area contributed by atoms with Crippen LogP contribution in [0.1, 0.15) is 52.4 Å². The fourth-order valence-electron chi connectivity index (χ4n) is 1.85. The van der Waals surface area contributed by atoms with E-state index in [2.05, 4.69) is 38.2 Å². The smallest absolute Gasteiger partial charge is 0.0276 e. The summed E-state index contributed by atoms with van der Waals surface area (Å²) in [6.45, 7) is 4.39. The van der Waals surface area contributed by atoms with Crippen molar-refractivity contribution in [2.24, 2.45) is 0 Å². The number of allylic oxidation sites excluding steroid dienone is 6. The van der Waals surface area contributed by atoms with Crippen LogP contribution in [0.25, 0.3) is 0 Å². The van der Waals surface area contributed by atoms with E-state index in [9.17, 15) is 0 Å². The van der Waals surface area contributed by atoms with Crippen LogP contribution in [0.4, 0.5) is 0 Å². The van der Waals surface area contributed by atoms with E-state index in [1.807, 2.05) is 0 Å². The van der Waals surface area contributed by atoms with Crippen LogP contribution >= 0.6 is 0 Å². The first-order valence-corrected chi connectivity index (χ1v) is 5.93. The third kappa shape index (κ3) is 3.53. The molecule has 0 amide bonds. The second kappa shape index (κ2) is 6.64. The highest BCUT2D eigenvalue weighted by Gasteiger charge is 2.07. The monoisotopic (exact) mass is 190 g/mol. The summed E-state index contributed by atoms with van der Waals surface area (Å²) in [4.78, 5) is 0. The highest BCUT2D eigenvalue weighted by atomic mass is 14.1. The van der Waals surface area contributed by atoms with Crippen LogP contribution in [0.2, 0.25) is 0 Å². The van der Waals surface area contributed by atoms with Crippen LogP contribution in [-0.4, -0.2) is 0 Å². The molecule has 0 aromatic carbocycles. The molecule has 0 aliphatic heterocycles. The van der Waals surface area contributed by atoms with Crippen molar-refractivity contribution in [3.8, 4) is 0 Å². The lowest BCUT2D eigenvalue weighted by Gasteiger charge is -2.15. The van der Waals surface area contributed by atoms with Crippen LogP contribution in [0.15, 0.2) is 35.5 Å². The minimum Gasteiger partial charge on any atom is -0.0845 e. The largest absolute Gasteiger partial charge is 0.0845 e. The van der Waals surface area contributed by atoms with Crippen molar-refractivity contribution >= 4 is 0 Å². The first-order valence-electron chi connectivity index (χ1n) is 5.93. The first kappa shape index (κ1) is 11.3. The second-order valence-electron chi connectivity index (χ2n) is 3.88. The van der Waals surface area contributed by atoms with Gasteiger partial charge in [0, 0.05) is 0 Å². The van der Waals surface area contributed by atoms with Gasteiger partial charge in [-0.15, -0.1) is 0 Å². The maximum Gasteiger partial charge on any atom is -0.0276 e. The topological polar surface area (TPSA) is 0 Å². The Balaban J connectivity index is 2.74. The lowest BCUT2D eigenvalue weighted by molar-refractivity contribution is 0.692. The molecule has 0 saturated heterocycles. The molecular weight excluding hydrogens is 168 g/mol. The quantitative estimate of drug-likeness (QED) is 0.598. The summed E-state index contributed by atoms with van der Waals surface area (Å²) in [6.07, 6.45) is 16.8. The van der Waals surface area contributed by atoms with E-state index in [4.69, 9.17) is 0 Å². The predicted molar refractivity (Wildman–Crippen MR) is 64.4 cm³/mol. The van der Waals surface area contributed by atoms with E-state index in [-0.39, 0.29) is 0 Å². The third-order valence-electron chi connectivity index (χ3n) is 2.66. The van der Waals surface area contributed by atoms with Crippen LogP contribution < -0.4 is 0 Å². The molecule has 0 heteroatoms. The van der Waals surface area contributed by atoms with Gasteiger partial charge in [0.25, 0.3) is 0 Å². The Bertz CT molecular complexity index is 215. The molecule has 0 spiro atoms. The predicted octanol–water partition coefficient (Wildman–Crippen LogP) is 4.79. The Morgan fingerprint density at radius 3 is 1.64 bits per heavy atom. The lowest BCUT2D eigenvalue weighted by Crippen LogP contribution is -1.95. The highest BCUT2D eigenvalue weighted by molar-refractivity contribution is 5.34. The Morgan fingerprint density at radius 2 is 1.29 bits per heavy atom. The van der Waals surface area contributed by atoms with Crippen molar-refractivity contribution in [1.82, 2.24) is 0 Å². The highest BCUT2D eigenvalue weighted by Crippen LogP contribution is 2.26. The lowest BCUT2D eigenvalue weighted by atomic mass is 9.91. The molecule has 0 bridgehead atoms. The van der Waals surface area contributed by atoms with E-state index in [1.54, 1.807) is 11.1 Å². The van der Waals surface area contributed by atoms with E-state index < -0.39 is 0 Å². The van der Waals surface area contributed by atoms with Gasteiger partial charge >= 0.3 is 0 Å². The van der Waals surface area contributed by atoms with Crippen molar-refractivity contribution in [1.29, 1.82) is 0 Å². The molecule has 0 atom stereocenters. The molecule has 0 unspecified atom stereocenters. The summed E-state index contributed by atoms with van der Waals surface area (Å²) in [5, 5.41) is 0. The zero-order valence-corrected chi connectivity index (χ0v) is 9.55. The van der Waals surface area contributed by atoms with E-state index in [1.165, 1.54) is 25.7 Å². The summed E-state index contributed by atoms with van der Waals surface area (Å²) < 4.78 is 0. The van der Waals surface area contributed by atoms with E-state index in [0.29, 0.717) is 0 Å². The van der Waals surface area contributed by atoms with Crippen molar-refractivity contribution in [3.05, 3.63) is 35.5 Å². The zero-order chi connectivity index (χ0) is 10.2. The summed E-state index contributed by atoms with van der Waals surface area (Å²) in [5.41, 5.74) is 3.14. The Hall–Kier alpha value is -0.780. The number of hydrogen-bond acceptors (Lipinski definition) is 0. The Morgan fingerprint density at radius 1 is 0.857 bits per heavy atom. The van der Waals surface area contributed by atoms with Gasteiger partial charge in [-0.3, -0.25) is 0 Å². The van der Waals surface area contributed by atoms with Gasteiger partial charge in [0.15, 0.2) is 0 Å². The molecule has 0 N–H and O–H groups in total. The van der Waals surface area contributed by atoms with Crippen molar-refractivity contribution < 1.29 is 0 Å². The van der Waals surface area contributed by atoms with Gasteiger partial charge in [0.1, 0.15) is 0 Å². The first-order chi connectivity index (χ1) is 6.88. The van der Waals surface area contributed by atoms with Crippen LogP contribution in [0.5, 0.6) is 0 Å². The molecule has 0 heterocycles. The van der Waals surface area contributed by atoms with Gasteiger partial charge in [0.2, 0.25) is 0 Å². The Labute approximate surface area is 88.4 Å². The van der Waals surface area contributed by atoms with Gasteiger partial charge in [-0.1, -0.05) is 38.2 Å². The molecule has 0 nitrogen and oxygen atoms in total. The minimum atomic E-state index is 1.15. The molecular formula is C14H22. The average Bonchev–Trinajstić information content (AvgIpc) is 2.24. The van der Waals surface area contributed by atoms with E-state index in [0.717, 1.165) is 12.8 Å². The minimum absolute atomic E-state index is 1.15. The normalized spacial score (nSPS) is 18.7. The third-order valence-corrected chi connectivity index (χ3v) is 2.66. The number of hydrogen-bond donors (Lipinski definition) is 0. The van der Waals surface area contributed by atoms with Gasteiger partial charge in [-0.25, -0.2) is 0 Å². The van der Waals surface area contributed by atoms with Crippen LogP contribution in [-0.2, 0) is 0 Å². The van der Waals surface area contributed by atoms with Crippen LogP contribution in [0.3, 0.4) is 0 Å². The van der Waals surface area contributed by atoms with Gasteiger partial charge in [-0.05, 0) is 49.7 Å². The molecule has 0 aromatic rings. The molecule has 0 aromatic heterocycles. The van der Waals surface area contributed by atoms with Gasteiger partial charge in [-0.2, -0.15) is 0 Å². The zero-order valence-electron chi connectivity index (χ0n) is 9.55. The van der Waals surface area contributed by atoms with Crippen LogP contribution in [0, 0.1) is 0 Å². The number of rotatable bonds is 4. The summed E-state index contributed by atoms with van der Waals surface area (Å²) in [6, 6.07) is 0. The van der Waals surface area contributed by atoms with Crippen molar-refractivity contribution in [3.63, 3.8) is 0 Å². The fourth-order valence-corrected chi connectivity index (χ4v) is 1.85. The molecule has 1 aliphatic carbocycles. The molecule has 78 valence electrons. The molecule has 0 radical (unpaired) electrons. The summed E-state index contributed by atoms with van der Waals surface area (Å²) >= 11 is 0. The average molecular weight is 190 g/mol. The summed E-state index contributed by atoms with van der Waals surface area (Å²) in [5.74, 6) is 0. The molecule has 1 aliphatic rings. The van der Waals surface area contributed by atoms with E-state index >= 15 is 0 Å². The second-order valence-corrected chi connectivity index (χ2v) is 3.88. The van der Waals surface area contributed by atoms with Gasteiger partial charge in [0.05, 0.1) is 0 Å². The summed E-state index contributed by atoms with van der Waals surface area (Å²) in [7, 11) is 0. The standard InChI is InChI=1S/C14H22/c1-3-5-9-13-11-7-8-12-14(13)10-6-4-2/h5-6,9-10H,3-4,7-8,11-12H2,1-2H3/b9-5+,10-6+.